The van der Waals surface area contributed by atoms with Crippen LogP contribution in [0.2, 0.25) is 5.02 Å². The Morgan fingerprint density at radius 3 is 2.32 bits per heavy atom. The lowest BCUT2D eigenvalue weighted by molar-refractivity contribution is 0.427. The summed E-state index contributed by atoms with van der Waals surface area (Å²) in [7, 11) is 0. The summed E-state index contributed by atoms with van der Waals surface area (Å²) in [5, 5.41) is -0.405. The lowest BCUT2D eigenvalue weighted by Crippen LogP contribution is -2.20. The second-order valence-corrected chi connectivity index (χ2v) is 8.71. The van der Waals surface area contributed by atoms with Crippen LogP contribution < -0.4 is 0 Å². The molecule has 0 unspecified atom stereocenters. The molecule has 4 rings (SSSR count). The monoisotopic (exact) mass is 400 g/mol. The predicted octanol–water partition coefficient (Wildman–Crippen LogP) is 7.35. The number of hydrogen-bond acceptors (Lipinski definition) is 0. The zero-order valence-corrected chi connectivity index (χ0v) is 17.2. The molecule has 0 saturated carbocycles. The van der Waals surface area contributed by atoms with E-state index >= 15 is 0 Å². The van der Waals surface area contributed by atoms with Crippen molar-refractivity contribution in [1.29, 1.82) is 0 Å². The highest BCUT2D eigenvalue weighted by Gasteiger charge is 2.27. The van der Waals surface area contributed by atoms with Crippen molar-refractivity contribution in [2.75, 3.05) is 0 Å². The number of fused-ring (bicyclic) bond motifs is 3. The SMILES string of the molecule is C/C=C/CC[C@H]1CCc2c(ccc3c2CC[C@H](c2cc(F)c(Cl)c(F)c2)C3)C1. The normalized spacial score (nSPS) is 21.6. The third-order valence-electron chi connectivity index (χ3n) is 6.60. The molecule has 0 nitrogen and oxygen atoms in total. The molecule has 0 N–H and O–H groups in total. The highest BCUT2D eigenvalue weighted by Crippen LogP contribution is 2.39. The summed E-state index contributed by atoms with van der Waals surface area (Å²) < 4.78 is 27.8. The Balaban J connectivity index is 1.52. The van der Waals surface area contributed by atoms with Gasteiger partial charge in [-0.25, -0.2) is 8.78 Å². The number of rotatable bonds is 4. The van der Waals surface area contributed by atoms with Crippen LogP contribution in [0.4, 0.5) is 8.78 Å². The van der Waals surface area contributed by atoms with Gasteiger partial charge in [0.05, 0.1) is 0 Å². The number of benzene rings is 2. The molecular formula is C25H27ClF2. The Kier molecular flexibility index (Phi) is 5.87. The van der Waals surface area contributed by atoms with E-state index in [1.165, 1.54) is 60.9 Å². The van der Waals surface area contributed by atoms with Gasteiger partial charge in [0.1, 0.15) is 16.7 Å². The number of allylic oxidation sites excluding steroid dienone is 2. The molecule has 28 heavy (non-hydrogen) atoms. The van der Waals surface area contributed by atoms with Crippen LogP contribution in [-0.4, -0.2) is 0 Å². The lowest BCUT2D eigenvalue weighted by Gasteiger charge is -2.32. The highest BCUT2D eigenvalue weighted by molar-refractivity contribution is 6.30. The van der Waals surface area contributed by atoms with Crippen LogP contribution in [0.1, 0.15) is 66.3 Å². The van der Waals surface area contributed by atoms with Gasteiger partial charge in [-0.05, 0) is 110 Å². The largest absolute Gasteiger partial charge is 0.205 e. The fourth-order valence-electron chi connectivity index (χ4n) is 5.08. The fourth-order valence-corrected chi connectivity index (χ4v) is 5.19. The summed E-state index contributed by atoms with van der Waals surface area (Å²) in [6.45, 7) is 2.09. The molecule has 0 radical (unpaired) electrons. The molecule has 2 aromatic carbocycles. The first-order valence-electron chi connectivity index (χ1n) is 10.4. The van der Waals surface area contributed by atoms with Gasteiger partial charge in [-0.3, -0.25) is 0 Å². The van der Waals surface area contributed by atoms with Gasteiger partial charge in [0.2, 0.25) is 0 Å². The standard InChI is InChI=1S/C25H27ClF2/c1-2-3-4-5-16-6-10-21-18(12-16)7-8-19-13-17(9-11-22(19)21)20-14-23(27)25(26)24(28)15-20/h2-3,7-8,14-17H,4-6,9-13H2,1H3/b3-2+/t16-,17-/m0/s1. The maximum atomic E-state index is 13.9. The van der Waals surface area contributed by atoms with E-state index in [2.05, 4.69) is 31.2 Å². The van der Waals surface area contributed by atoms with E-state index in [0.29, 0.717) is 0 Å². The molecule has 2 aliphatic rings. The van der Waals surface area contributed by atoms with E-state index in [-0.39, 0.29) is 5.92 Å². The molecule has 2 atom stereocenters. The van der Waals surface area contributed by atoms with E-state index < -0.39 is 16.7 Å². The van der Waals surface area contributed by atoms with Crippen molar-refractivity contribution in [1.82, 2.24) is 0 Å². The topological polar surface area (TPSA) is 0 Å². The molecule has 2 aliphatic carbocycles. The molecule has 0 amide bonds. The lowest BCUT2D eigenvalue weighted by atomic mass is 9.73. The van der Waals surface area contributed by atoms with Crippen molar-refractivity contribution in [3.63, 3.8) is 0 Å². The average molecular weight is 401 g/mol. The van der Waals surface area contributed by atoms with Crippen LogP contribution in [0.15, 0.2) is 36.4 Å². The zero-order chi connectivity index (χ0) is 19.7. The molecule has 148 valence electrons. The van der Waals surface area contributed by atoms with Gasteiger partial charge in [0.25, 0.3) is 0 Å². The van der Waals surface area contributed by atoms with Crippen LogP contribution >= 0.6 is 11.6 Å². The zero-order valence-electron chi connectivity index (χ0n) is 16.4. The molecule has 0 aliphatic heterocycles. The van der Waals surface area contributed by atoms with Gasteiger partial charge < -0.3 is 0 Å². The van der Waals surface area contributed by atoms with E-state index in [1.807, 2.05) is 0 Å². The molecular weight excluding hydrogens is 374 g/mol. The van der Waals surface area contributed by atoms with E-state index in [9.17, 15) is 8.78 Å². The minimum absolute atomic E-state index is 0.156. The van der Waals surface area contributed by atoms with Crippen LogP contribution in [0.25, 0.3) is 0 Å². The third kappa shape index (κ3) is 3.89. The summed E-state index contributed by atoms with van der Waals surface area (Å²) in [6, 6.07) is 7.39. The smallest absolute Gasteiger partial charge is 0.145 e. The van der Waals surface area contributed by atoms with Crippen LogP contribution in [-0.2, 0) is 25.7 Å². The average Bonchev–Trinajstić information content (AvgIpc) is 2.71. The van der Waals surface area contributed by atoms with Gasteiger partial charge in [-0.1, -0.05) is 35.9 Å². The Bertz CT molecular complexity index is 877. The molecule has 0 saturated heterocycles. The van der Waals surface area contributed by atoms with Crippen molar-refractivity contribution in [3.05, 3.63) is 80.9 Å². The summed E-state index contributed by atoms with van der Waals surface area (Å²) >= 11 is 5.65. The predicted molar refractivity (Wildman–Crippen MR) is 112 cm³/mol. The minimum atomic E-state index is -0.656. The first-order chi connectivity index (χ1) is 13.6. The van der Waals surface area contributed by atoms with Crippen molar-refractivity contribution in [3.8, 4) is 0 Å². The quantitative estimate of drug-likeness (QED) is 0.371. The summed E-state index contributed by atoms with van der Waals surface area (Å²) in [5.41, 5.74) is 6.68. The first-order valence-corrected chi connectivity index (χ1v) is 10.8. The van der Waals surface area contributed by atoms with Crippen LogP contribution in [0.3, 0.4) is 0 Å². The Hall–Kier alpha value is -1.67. The van der Waals surface area contributed by atoms with E-state index in [0.717, 1.165) is 30.7 Å². The Labute approximate surface area is 171 Å². The van der Waals surface area contributed by atoms with Gasteiger partial charge in [0, 0.05) is 0 Å². The molecule has 0 fully saturated rings. The molecule has 0 aromatic heterocycles. The van der Waals surface area contributed by atoms with Gasteiger partial charge in [-0.2, -0.15) is 0 Å². The van der Waals surface area contributed by atoms with Crippen LogP contribution in [0.5, 0.6) is 0 Å². The Morgan fingerprint density at radius 1 is 1.00 bits per heavy atom. The highest BCUT2D eigenvalue weighted by atomic mass is 35.5. The maximum absolute atomic E-state index is 13.9. The molecule has 0 spiro atoms. The van der Waals surface area contributed by atoms with Crippen LogP contribution in [0, 0.1) is 17.6 Å². The summed E-state index contributed by atoms with van der Waals surface area (Å²) in [4.78, 5) is 0. The summed E-state index contributed by atoms with van der Waals surface area (Å²) in [6.07, 6.45) is 13.3. The molecule has 2 aromatic rings. The van der Waals surface area contributed by atoms with E-state index in [4.69, 9.17) is 11.6 Å². The molecule has 3 heteroatoms. The van der Waals surface area contributed by atoms with Crippen molar-refractivity contribution in [2.24, 2.45) is 5.92 Å². The van der Waals surface area contributed by atoms with Crippen molar-refractivity contribution in [2.45, 2.75) is 64.2 Å². The number of halogens is 3. The van der Waals surface area contributed by atoms with Gasteiger partial charge in [-0.15, -0.1) is 0 Å². The molecule has 0 bridgehead atoms. The second-order valence-electron chi connectivity index (χ2n) is 8.33. The fraction of sp³-hybridized carbons (Fsp3) is 0.440. The third-order valence-corrected chi connectivity index (χ3v) is 6.96. The van der Waals surface area contributed by atoms with E-state index in [1.54, 1.807) is 5.56 Å². The minimum Gasteiger partial charge on any atom is -0.205 e. The summed E-state index contributed by atoms with van der Waals surface area (Å²) in [5.74, 6) is -0.365. The first kappa shape index (κ1) is 19.6. The van der Waals surface area contributed by atoms with Gasteiger partial charge >= 0.3 is 0 Å². The second kappa shape index (κ2) is 8.37. The van der Waals surface area contributed by atoms with Crippen molar-refractivity contribution < 1.29 is 8.78 Å². The van der Waals surface area contributed by atoms with Crippen molar-refractivity contribution >= 4 is 11.6 Å². The van der Waals surface area contributed by atoms with Gasteiger partial charge in [0.15, 0.2) is 0 Å². The number of hydrogen-bond donors (Lipinski definition) is 0. The Morgan fingerprint density at radius 2 is 1.64 bits per heavy atom. The maximum Gasteiger partial charge on any atom is 0.145 e. The molecule has 0 heterocycles.